The van der Waals surface area contributed by atoms with Gasteiger partial charge in [0.25, 0.3) is 0 Å². The lowest BCUT2D eigenvalue weighted by molar-refractivity contribution is -0.136. The molecule has 1 amide bonds. The third-order valence-corrected chi connectivity index (χ3v) is 2.40. The lowest BCUT2D eigenvalue weighted by Crippen LogP contribution is -2.41. The van der Waals surface area contributed by atoms with Gasteiger partial charge in [-0.1, -0.05) is 0 Å². The zero-order valence-corrected chi connectivity index (χ0v) is 10.5. The minimum atomic E-state index is -0.827. The predicted octanol–water partition coefficient (Wildman–Crippen LogP) is -0.279. The molecule has 0 atom stereocenters. The maximum absolute atomic E-state index is 11.6. The summed E-state index contributed by atoms with van der Waals surface area (Å²) in [6.45, 7) is 3.48. The Morgan fingerprint density at radius 3 is 2.35 bits per heavy atom. The monoisotopic (exact) mass is 266 g/mol. The van der Waals surface area contributed by atoms with Crippen molar-refractivity contribution in [2.75, 3.05) is 39.4 Å². The largest absolute Gasteiger partial charge is 0.481 e. The summed E-state index contributed by atoms with van der Waals surface area (Å²) >= 11 is 0. The Bertz CT molecular complexity index is 244. The molecule has 0 aromatic rings. The normalized spacial score (nSPS) is 15.2. The molecule has 0 unspecified atom stereocenters. The summed E-state index contributed by atoms with van der Waals surface area (Å²) in [7, 11) is 0. The molecule has 100 valence electrons. The van der Waals surface area contributed by atoms with Crippen LogP contribution in [0.4, 0.5) is 0 Å². The van der Waals surface area contributed by atoms with E-state index in [9.17, 15) is 9.59 Å². The van der Waals surface area contributed by atoms with E-state index in [4.69, 9.17) is 9.84 Å². The van der Waals surface area contributed by atoms with Crippen LogP contribution in [0.25, 0.3) is 0 Å². The molecular formula is C10H19ClN2O4. The first-order valence-corrected chi connectivity index (χ1v) is 5.48. The minimum absolute atomic E-state index is 0. The van der Waals surface area contributed by atoms with Gasteiger partial charge in [-0.15, -0.1) is 12.4 Å². The summed E-state index contributed by atoms with van der Waals surface area (Å²) in [6.07, 6.45) is 0.505. The fraction of sp³-hybridized carbons (Fsp3) is 0.800. The maximum Gasteiger partial charge on any atom is 0.304 e. The van der Waals surface area contributed by atoms with Gasteiger partial charge >= 0.3 is 5.97 Å². The zero-order valence-electron chi connectivity index (χ0n) is 9.68. The molecule has 0 saturated carbocycles. The maximum atomic E-state index is 11.6. The number of carboxylic acid groups (broad SMARTS) is 1. The number of hydrogen-bond donors (Lipinski definition) is 2. The quantitative estimate of drug-likeness (QED) is 0.647. The number of ether oxygens (including phenoxy) is 1. The van der Waals surface area contributed by atoms with Crippen molar-refractivity contribution in [3.63, 3.8) is 0 Å². The van der Waals surface area contributed by atoms with Gasteiger partial charge in [0.1, 0.15) is 0 Å². The van der Waals surface area contributed by atoms with Crippen molar-refractivity contribution in [3.05, 3.63) is 0 Å². The van der Waals surface area contributed by atoms with E-state index in [2.05, 4.69) is 5.32 Å². The Hall–Kier alpha value is -0.850. The Morgan fingerprint density at radius 2 is 1.76 bits per heavy atom. The summed E-state index contributed by atoms with van der Waals surface area (Å²) < 4.78 is 5.14. The molecule has 2 N–H and O–H groups in total. The molecule has 1 aliphatic heterocycles. The van der Waals surface area contributed by atoms with Gasteiger partial charge in [0.15, 0.2) is 0 Å². The van der Waals surface area contributed by atoms with E-state index in [1.165, 1.54) is 0 Å². The third-order valence-electron chi connectivity index (χ3n) is 2.40. The molecule has 0 spiro atoms. The molecule has 0 aromatic carbocycles. The van der Waals surface area contributed by atoms with Crippen LogP contribution in [-0.2, 0) is 14.3 Å². The van der Waals surface area contributed by atoms with Crippen LogP contribution in [0.1, 0.15) is 12.8 Å². The van der Waals surface area contributed by atoms with Gasteiger partial charge < -0.3 is 20.1 Å². The molecule has 17 heavy (non-hydrogen) atoms. The van der Waals surface area contributed by atoms with Gasteiger partial charge in [-0.3, -0.25) is 9.59 Å². The van der Waals surface area contributed by atoms with Crippen LogP contribution in [0, 0.1) is 0 Å². The van der Waals surface area contributed by atoms with Crippen molar-refractivity contribution in [3.8, 4) is 0 Å². The number of aliphatic carboxylic acids is 1. The number of carbonyl (C=O) groups excluding carboxylic acids is 1. The average Bonchev–Trinajstić information content (AvgIpc) is 2.29. The highest BCUT2D eigenvalue weighted by molar-refractivity contribution is 5.85. The fourth-order valence-corrected chi connectivity index (χ4v) is 1.49. The van der Waals surface area contributed by atoms with Crippen LogP contribution in [0.3, 0.4) is 0 Å². The first-order chi connectivity index (χ1) is 7.70. The van der Waals surface area contributed by atoms with Crippen molar-refractivity contribution in [2.45, 2.75) is 12.8 Å². The second kappa shape index (κ2) is 9.21. The van der Waals surface area contributed by atoms with Crippen LogP contribution >= 0.6 is 12.4 Å². The number of halogens is 1. The predicted molar refractivity (Wildman–Crippen MR) is 64.4 cm³/mol. The fourth-order valence-electron chi connectivity index (χ4n) is 1.49. The van der Waals surface area contributed by atoms with E-state index in [1.54, 1.807) is 4.90 Å². The SMILES string of the molecule is Cl.O=C(O)CCNCCC(=O)N1CCOCC1. The number of morpholine rings is 1. The number of carbonyl (C=O) groups is 2. The highest BCUT2D eigenvalue weighted by Gasteiger charge is 2.15. The molecule has 0 bridgehead atoms. The van der Waals surface area contributed by atoms with Crippen LogP contribution in [0.15, 0.2) is 0 Å². The molecule has 1 saturated heterocycles. The molecule has 1 fully saturated rings. The number of hydrogen-bond acceptors (Lipinski definition) is 4. The van der Waals surface area contributed by atoms with Crippen LogP contribution in [0.2, 0.25) is 0 Å². The third kappa shape index (κ3) is 7.14. The summed E-state index contributed by atoms with van der Waals surface area (Å²) in [5.41, 5.74) is 0. The summed E-state index contributed by atoms with van der Waals surface area (Å²) in [6, 6.07) is 0. The Labute approximate surface area is 107 Å². The van der Waals surface area contributed by atoms with Gasteiger partial charge in [0.2, 0.25) is 5.91 Å². The standard InChI is InChI=1S/C10H18N2O4.ClH/c13-9(12-5-7-16-8-6-12)1-3-11-4-2-10(14)15;/h11H,1-8H2,(H,14,15);1H. The van der Waals surface area contributed by atoms with E-state index in [0.717, 1.165) is 0 Å². The molecule has 7 heteroatoms. The Balaban J connectivity index is 0.00000256. The van der Waals surface area contributed by atoms with E-state index in [1.807, 2.05) is 0 Å². The lowest BCUT2D eigenvalue weighted by atomic mass is 10.3. The minimum Gasteiger partial charge on any atom is -0.481 e. The van der Waals surface area contributed by atoms with Crippen molar-refractivity contribution in [1.82, 2.24) is 10.2 Å². The Morgan fingerprint density at radius 1 is 1.18 bits per heavy atom. The highest BCUT2D eigenvalue weighted by atomic mass is 35.5. The average molecular weight is 267 g/mol. The van der Waals surface area contributed by atoms with Gasteiger partial charge in [-0.25, -0.2) is 0 Å². The van der Waals surface area contributed by atoms with Crippen LogP contribution < -0.4 is 5.32 Å². The first kappa shape index (κ1) is 16.1. The zero-order chi connectivity index (χ0) is 11.8. The second-order valence-electron chi connectivity index (χ2n) is 3.64. The summed E-state index contributed by atoms with van der Waals surface area (Å²) in [5, 5.41) is 11.3. The first-order valence-electron chi connectivity index (χ1n) is 5.48. The van der Waals surface area contributed by atoms with E-state index in [-0.39, 0.29) is 24.7 Å². The molecule has 1 rings (SSSR count). The van der Waals surface area contributed by atoms with Gasteiger partial charge in [0.05, 0.1) is 19.6 Å². The van der Waals surface area contributed by atoms with Crippen molar-refractivity contribution >= 4 is 24.3 Å². The molecule has 6 nitrogen and oxygen atoms in total. The number of rotatable bonds is 6. The van der Waals surface area contributed by atoms with Crippen molar-refractivity contribution in [2.24, 2.45) is 0 Å². The lowest BCUT2D eigenvalue weighted by Gasteiger charge is -2.26. The number of nitrogens with one attached hydrogen (secondary N) is 1. The smallest absolute Gasteiger partial charge is 0.304 e. The van der Waals surface area contributed by atoms with Gasteiger partial charge in [-0.05, 0) is 0 Å². The molecule has 0 aliphatic carbocycles. The van der Waals surface area contributed by atoms with Gasteiger partial charge in [-0.2, -0.15) is 0 Å². The molecule has 0 radical (unpaired) electrons. The summed E-state index contributed by atoms with van der Waals surface area (Å²) in [5.74, 6) is -0.724. The summed E-state index contributed by atoms with van der Waals surface area (Å²) in [4.78, 5) is 23.6. The number of amides is 1. The van der Waals surface area contributed by atoms with Gasteiger partial charge in [0, 0.05) is 32.6 Å². The van der Waals surface area contributed by atoms with E-state index < -0.39 is 5.97 Å². The topological polar surface area (TPSA) is 78.9 Å². The molecule has 1 aliphatic rings. The number of nitrogens with zero attached hydrogens (tertiary/aromatic N) is 1. The molecular weight excluding hydrogens is 248 g/mol. The van der Waals surface area contributed by atoms with Crippen molar-refractivity contribution < 1.29 is 19.4 Å². The number of carboxylic acids is 1. The highest BCUT2D eigenvalue weighted by Crippen LogP contribution is 1.99. The van der Waals surface area contributed by atoms with E-state index >= 15 is 0 Å². The molecule has 1 heterocycles. The van der Waals surface area contributed by atoms with E-state index in [0.29, 0.717) is 45.8 Å². The van der Waals surface area contributed by atoms with Crippen LogP contribution in [0.5, 0.6) is 0 Å². The Kier molecular flexibility index (Phi) is 8.75. The second-order valence-corrected chi connectivity index (χ2v) is 3.64. The molecule has 0 aromatic heterocycles. The van der Waals surface area contributed by atoms with Crippen LogP contribution in [-0.4, -0.2) is 61.3 Å². The van der Waals surface area contributed by atoms with Crippen molar-refractivity contribution in [1.29, 1.82) is 0 Å².